The van der Waals surface area contributed by atoms with Crippen molar-refractivity contribution in [3.05, 3.63) is 24.3 Å². The number of sulfonamides is 1. The summed E-state index contributed by atoms with van der Waals surface area (Å²) in [5, 5.41) is 11.1. The van der Waals surface area contributed by atoms with Gasteiger partial charge in [-0.25, -0.2) is 17.5 Å². The Morgan fingerprint density at radius 1 is 1.26 bits per heavy atom. The van der Waals surface area contributed by atoms with Crippen molar-refractivity contribution in [2.45, 2.75) is 4.90 Å². The number of hydrogen-bond donors (Lipinski definition) is 2. The number of hydrogen-bond acceptors (Lipinski definition) is 5. The molecule has 1 aromatic rings. The molecular formula is C11H14N2O5S. The third-order valence-corrected chi connectivity index (χ3v) is 4.44. The molecular weight excluding hydrogens is 272 g/mol. The Labute approximate surface area is 110 Å². The van der Waals surface area contributed by atoms with Crippen LogP contribution < -0.4 is 5.32 Å². The molecule has 0 bridgehead atoms. The normalized spacial score (nSPS) is 16.9. The van der Waals surface area contributed by atoms with Crippen molar-refractivity contribution in [2.24, 2.45) is 0 Å². The second-order valence-electron chi connectivity index (χ2n) is 3.84. The van der Waals surface area contributed by atoms with Crippen molar-refractivity contribution in [1.82, 2.24) is 4.31 Å². The third kappa shape index (κ3) is 2.70. The maximum Gasteiger partial charge on any atom is 0.335 e. The van der Waals surface area contributed by atoms with E-state index in [-0.39, 0.29) is 36.9 Å². The molecule has 0 saturated carbocycles. The average Bonchev–Trinajstić information content (AvgIpc) is 2.37. The van der Waals surface area contributed by atoms with E-state index in [1.54, 1.807) is 12.1 Å². The van der Waals surface area contributed by atoms with Crippen molar-refractivity contribution < 1.29 is 23.1 Å². The Balaban J connectivity index is 2.20. The number of fused-ring (bicyclic) bond motifs is 1. The van der Waals surface area contributed by atoms with Gasteiger partial charge in [0, 0.05) is 0 Å². The highest BCUT2D eigenvalue weighted by Crippen LogP contribution is 2.29. The lowest BCUT2D eigenvalue weighted by atomic mass is 10.3. The molecule has 1 aromatic carbocycles. The van der Waals surface area contributed by atoms with E-state index >= 15 is 0 Å². The maximum absolute atomic E-state index is 12.2. The van der Waals surface area contributed by atoms with Crippen LogP contribution in [0.25, 0.3) is 0 Å². The van der Waals surface area contributed by atoms with Crippen LogP contribution in [0.1, 0.15) is 0 Å². The standard InChI is InChI=1S/C11H14N2O5S/c14-6-8-18-7-5-13-11(15)12-9-3-1-2-4-10(9)19(13,16)17/h1-4,14H,5-8H2,(H,12,15). The number of nitrogens with one attached hydrogen (secondary N) is 1. The molecule has 0 atom stereocenters. The smallest absolute Gasteiger partial charge is 0.335 e. The first-order valence-electron chi connectivity index (χ1n) is 5.68. The minimum absolute atomic E-state index is 0.0371. The summed E-state index contributed by atoms with van der Waals surface area (Å²) in [6, 6.07) is 5.50. The number of rotatable bonds is 5. The van der Waals surface area contributed by atoms with Gasteiger partial charge < -0.3 is 15.2 Å². The van der Waals surface area contributed by atoms with Crippen molar-refractivity contribution in [2.75, 3.05) is 31.7 Å². The van der Waals surface area contributed by atoms with E-state index < -0.39 is 16.1 Å². The largest absolute Gasteiger partial charge is 0.394 e. The molecule has 2 rings (SSSR count). The number of nitrogens with zero attached hydrogens (tertiary/aromatic N) is 1. The second-order valence-corrected chi connectivity index (χ2v) is 5.67. The zero-order valence-corrected chi connectivity index (χ0v) is 10.9. The number of aliphatic hydroxyl groups excluding tert-OH is 1. The number of carbonyl (C=O) groups excluding carboxylic acids is 1. The first kappa shape index (κ1) is 13.8. The summed E-state index contributed by atoms with van der Waals surface area (Å²) < 4.78 is 30.2. The van der Waals surface area contributed by atoms with Gasteiger partial charge in [-0.05, 0) is 12.1 Å². The maximum atomic E-state index is 12.2. The van der Waals surface area contributed by atoms with Crippen LogP contribution in [0.5, 0.6) is 0 Å². The van der Waals surface area contributed by atoms with E-state index in [1.165, 1.54) is 12.1 Å². The van der Waals surface area contributed by atoms with Gasteiger partial charge in [-0.2, -0.15) is 0 Å². The Morgan fingerprint density at radius 2 is 2.00 bits per heavy atom. The Bertz CT molecular complexity index is 572. The van der Waals surface area contributed by atoms with Crippen LogP contribution in [-0.4, -0.2) is 50.2 Å². The topological polar surface area (TPSA) is 95.9 Å². The van der Waals surface area contributed by atoms with Crippen LogP contribution >= 0.6 is 0 Å². The van der Waals surface area contributed by atoms with Crippen molar-refractivity contribution >= 4 is 21.7 Å². The summed E-state index contributed by atoms with van der Waals surface area (Å²) in [5.41, 5.74) is 0.278. The van der Waals surface area contributed by atoms with Gasteiger partial charge in [-0.1, -0.05) is 12.1 Å². The number of carbonyl (C=O) groups is 1. The fourth-order valence-corrected chi connectivity index (χ4v) is 3.20. The van der Waals surface area contributed by atoms with Gasteiger partial charge in [0.1, 0.15) is 4.90 Å². The highest BCUT2D eigenvalue weighted by Gasteiger charge is 2.35. The molecule has 1 aliphatic rings. The summed E-state index contributed by atoms with van der Waals surface area (Å²) in [6.07, 6.45) is 0. The van der Waals surface area contributed by atoms with E-state index in [9.17, 15) is 13.2 Å². The van der Waals surface area contributed by atoms with Crippen molar-refractivity contribution in [3.63, 3.8) is 0 Å². The van der Waals surface area contributed by atoms with Gasteiger partial charge in [-0.15, -0.1) is 0 Å². The molecule has 0 aromatic heterocycles. The van der Waals surface area contributed by atoms with E-state index in [0.29, 0.717) is 0 Å². The first-order chi connectivity index (χ1) is 9.07. The summed E-state index contributed by atoms with van der Waals surface area (Å²) in [7, 11) is -3.84. The molecule has 0 saturated heterocycles. The zero-order chi connectivity index (χ0) is 13.9. The van der Waals surface area contributed by atoms with Gasteiger partial charge >= 0.3 is 6.03 Å². The molecule has 2 amide bonds. The quantitative estimate of drug-likeness (QED) is 0.755. The molecule has 1 aliphatic heterocycles. The van der Waals surface area contributed by atoms with Crippen molar-refractivity contribution in [1.29, 1.82) is 0 Å². The van der Waals surface area contributed by atoms with Crippen LogP contribution in [-0.2, 0) is 14.8 Å². The van der Waals surface area contributed by atoms with Crippen LogP contribution in [0.4, 0.5) is 10.5 Å². The number of anilines is 1. The summed E-state index contributed by atoms with van der Waals surface area (Å²) in [4.78, 5) is 11.8. The van der Waals surface area contributed by atoms with Gasteiger partial charge in [-0.3, -0.25) is 0 Å². The van der Waals surface area contributed by atoms with E-state index in [0.717, 1.165) is 4.31 Å². The number of ether oxygens (including phenoxy) is 1. The highest BCUT2D eigenvalue weighted by atomic mass is 32.2. The molecule has 1 heterocycles. The molecule has 0 unspecified atom stereocenters. The van der Waals surface area contributed by atoms with Crippen LogP contribution in [0.15, 0.2) is 29.2 Å². The predicted octanol–water partition coefficient (Wildman–Crippen LogP) is 0.232. The second kappa shape index (κ2) is 5.55. The summed E-state index contributed by atoms with van der Waals surface area (Å²) in [5.74, 6) is 0. The number of benzene rings is 1. The monoisotopic (exact) mass is 286 g/mol. The molecule has 2 N–H and O–H groups in total. The average molecular weight is 286 g/mol. The number of amides is 2. The zero-order valence-electron chi connectivity index (χ0n) is 10.1. The summed E-state index contributed by atoms with van der Waals surface area (Å²) in [6.45, 7) is -0.105. The summed E-state index contributed by atoms with van der Waals surface area (Å²) >= 11 is 0. The van der Waals surface area contributed by atoms with Gasteiger partial charge in [0.2, 0.25) is 0 Å². The Hall–Kier alpha value is -1.64. The van der Waals surface area contributed by atoms with Crippen LogP contribution in [0, 0.1) is 0 Å². The van der Waals surface area contributed by atoms with Gasteiger partial charge in [0.15, 0.2) is 0 Å². The first-order valence-corrected chi connectivity index (χ1v) is 7.12. The SMILES string of the molecule is O=C1Nc2ccccc2S(=O)(=O)N1CCOCCO. The minimum Gasteiger partial charge on any atom is -0.394 e. The molecule has 0 spiro atoms. The van der Waals surface area contributed by atoms with Crippen LogP contribution in [0.3, 0.4) is 0 Å². The van der Waals surface area contributed by atoms with Crippen LogP contribution in [0.2, 0.25) is 0 Å². The number of urea groups is 1. The van der Waals surface area contributed by atoms with Gasteiger partial charge in [0.25, 0.3) is 10.0 Å². The molecule has 0 fully saturated rings. The van der Waals surface area contributed by atoms with E-state index in [4.69, 9.17) is 9.84 Å². The highest BCUT2D eigenvalue weighted by molar-refractivity contribution is 7.90. The lowest BCUT2D eigenvalue weighted by molar-refractivity contribution is 0.0882. The van der Waals surface area contributed by atoms with Gasteiger partial charge in [0.05, 0.1) is 32.1 Å². The number of para-hydroxylation sites is 1. The lowest BCUT2D eigenvalue weighted by Gasteiger charge is -2.28. The molecule has 19 heavy (non-hydrogen) atoms. The lowest BCUT2D eigenvalue weighted by Crippen LogP contribution is -2.45. The van der Waals surface area contributed by atoms with Crippen molar-refractivity contribution in [3.8, 4) is 0 Å². The Morgan fingerprint density at radius 3 is 2.74 bits per heavy atom. The molecule has 104 valence electrons. The van der Waals surface area contributed by atoms with E-state index in [2.05, 4.69) is 5.32 Å². The molecule has 0 aliphatic carbocycles. The molecule has 8 heteroatoms. The Kier molecular flexibility index (Phi) is 4.03. The predicted molar refractivity (Wildman–Crippen MR) is 67.3 cm³/mol. The molecule has 7 nitrogen and oxygen atoms in total. The third-order valence-electron chi connectivity index (χ3n) is 2.60. The number of aliphatic hydroxyl groups is 1. The minimum atomic E-state index is -3.84. The van der Waals surface area contributed by atoms with E-state index in [1.807, 2.05) is 0 Å². The fourth-order valence-electron chi connectivity index (χ4n) is 1.74. The molecule has 0 radical (unpaired) electrons. The fraction of sp³-hybridized carbons (Fsp3) is 0.364.